The van der Waals surface area contributed by atoms with Crippen LogP contribution in [0.1, 0.15) is 20.3 Å². The van der Waals surface area contributed by atoms with Crippen molar-refractivity contribution in [3.05, 3.63) is 44.4 Å². The molecule has 0 saturated heterocycles. The molecule has 0 aromatic carbocycles. The number of rotatable bonds is 2. The molecule has 0 aromatic rings. The first kappa shape index (κ1) is 12.8. The summed E-state index contributed by atoms with van der Waals surface area (Å²) in [6.07, 6.45) is 2.57. The Balaban J connectivity index is 2.59. The van der Waals surface area contributed by atoms with Crippen molar-refractivity contribution in [1.29, 1.82) is 0 Å². The first-order valence-corrected chi connectivity index (χ1v) is 6.67. The zero-order valence-corrected chi connectivity index (χ0v) is 10.7. The van der Waals surface area contributed by atoms with Gasteiger partial charge in [-0.1, -0.05) is 13.8 Å². The molecule has 8 heteroatoms. The minimum Gasteiger partial charge on any atom is -0.456 e. The summed E-state index contributed by atoms with van der Waals surface area (Å²) in [6, 6.07) is 0. The summed E-state index contributed by atoms with van der Waals surface area (Å²) in [5.74, 6) is 0.119. The van der Waals surface area contributed by atoms with Crippen molar-refractivity contribution in [2.45, 2.75) is 20.3 Å². The van der Waals surface area contributed by atoms with Gasteiger partial charge in [0.05, 0.1) is 4.92 Å². The molecule has 0 saturated carbocycles. The van der Waals surface area contributed by atoms with Crippen molar-refractivity contribution in [2.24, 2.45) is 10.6 Å². The van der Waals surface area contributed by atoms with E-state index in [2.05, 4.69) is 0 Å². The van der Waals surface area contributed by atoms with Crippen LogP contribution >= 0.6 is 0 Å². The monoisotopic (exact) mass is 272 g/mol. The molecule has 0 aromatic heterocycles. The lowest BCUT2D eigenvalue weighted by atomic mass is 9.92. The first-order valence-electron chi connectivity index (χ1n) is 5.12. The molecule has 18 heavy (non-hydrogen) atoms. The van der Waals surface area contributed by atoms with Crippen molar-refractivity contribution in [2.75, 3.05) is 0 Å². The quantitative estimate of drug-likeness (QED) is 0.595. The summed E-state index contributed by atoms with van der Waals surface area (Å²) >= 11 is 0. The molecule has 0 fully saturated rings. The fourth-order valence-corrected chi connectivity index (χ4v) is 3.56. The predicted octanol–water partition coefficient (Wildman–Crippen LogP) is 0.991. The van der Waals surface area contributed by atoms with Crippen LogP contribution in [0, 0.1) is 15.5 Å². The van der Waals surface area contributed by atoms with E-state index in [1.54, 1.807) is 13.8 Å². The molecule has 0 atom stereocenters. The lowest BCUT2D eigenvalue weighted by Crippen LogP contribution is -2.24. The lowest BCUT2D eigenvalue weighted by molar-refractivity contribution is -0.421. The SMILES string of the molecule is CC1(C)CC2=CC([N+](=O)[O-])=COC2=C1S(N)(=O)=O. The van der Waals surface area contributed by atoms with E-state index in [9.17, 15) is 18.5 Å². The fourth-order valence-electron chi connectivity index (χ4n) is 2.28. The van der Waals surface area contributed by atoms with E-state index in [4.69, 9.17) is 9.88 Å². The highest BCUT2D eigenvalue weighted by Crippen LogP contribution is 2.49. The fraction of sp³-hybridized carbons (Fsp3) is 0.400. The molecule has 0 radical (unpaired) electrons. The van der Waals surface area contributed by atoms with Crippen LogP contribution in [0.15, 0.2) is 34.3 Å². The Morgan fingerprint density at radius 3 is 2.61 bits per heavy atom. The minimum atomic E-state index is -3.90. The van der Waals surface area contributed by atoms with Crippen LogP contribution in [0.5, 0.6) is 0 Å². The second kappa shape index (κ2) is 3.66. The topological polar surface area (TPSA) is 113 Å². The Bertz CT molecular complexity index is 625. The van der Waals surface area contributed by atoms with Gasteiger partial charge in [0, 0.05) is 17.1 Å². The summed E-state index contributed by atoms with van der Waals surface area (Å²) < 4.78 is 28.3. The van der Waals surface area contributed by atoms with Gasteiger partial charge in [-0.15, -0.1) is 0 Å². The van der Waals surface area contributed by atoms with Crippen molar-refractivity contribution in [1.82, 2.24) is 0 Å². The van der Waals surface area contributed by atoms with Gasteiger partial charge >= 0.3 is 5.70 Å². The molecular formula is C10H12N2O5S. The Labute approximate surface area is 104 Å². The van der Waals surface area contributed by atoms with Gasteiger partial charge in [-0.3, -0.25) is 10.1 Å². The normalized spacial score (nSPS) is 21.9. The van der Waals surface area contributed by atoms with Gasteiger partial charge < -0.3 is 4.74 Å². The molecule has 0 bridgehead atoms. The minimum absolute atomic E-state index is 0.0140. The summed E-state index contributed by atoms with van der Waals surface area (Å²) in [5.41, 5.74) is -0.451. The maximum atomic E-state index is 11.6. The number of nitro groups is 1. The molecule has 7 nitrogen and oxygen atoms in total. The molecule has 2 aliphatic rings. The van der Waals surface area contributed by atoms with Gasteiger partial charge in [-0.25, -0.2) is 13.6 Å². The van der Waals surface area contributed by atoms with E-state index in [1.807, 2.05) is 0 Å². The molecule has 0 unspecified atom stereocenters. The van der Waals surface area contributed by atoms with Crippen LogP contribution in [0.25, 0.3) is 0 Å². The van der Waals surface area contributed by atoms with Crippen LogP contribution < -0.4 is 5.14 Å². The number of fused-ring (bicyclic) bond motifs is 1. The molecule has 0 amide bonds. The zero-order valence-electron chi connectivity index (χ0n) is 9.84. The van der Waals surface area contributed by atoms with Gasteiger partial charge in [0.1, 0.15) is 10.7 Å². The molecule has 0 spiro atoms. The van der Waals surface area contributed by atoms with E-state index in [-0.39, 0.29) is 16.4 Å². The van der Waals surface area contributed by atoms with Crippen LogP contribution in [0.3, 0.4) is 0 Å². The third-order valence-electron chi connectivity index (χ3n) is 2.86. The molecule has 1 aliphatic carbocycles. The molecule has 98 valence electrons. The van der Waals surface area contributed by atoms with Gasteiger partial charge in [-0.2, -0.15) is 0 Å². The maximum Gasteiger partial charge on any atom is 0.304 e. The van der Waals surface area contributed by atoms with Crippen molar-refractivity contribution < 1.29 is 18.1 Å². The van der Waals surface area contributed by atoms with E-state index in [0.717, 1.165) is 6.26 Å². The third kappa shape index (κ3) is 1.93. The summed E-state index contributed by atoms with van der Waals surface area (Å²) in [6.45, 7) is 3.40. The molecule has 2 rings (SSSR count). The van der Waals surface area contributed by atoms with E-state index >= 15 is 0 Å². The Kier molecular flexibility index (Phi) is 2.60. The number of ether oxygens (including phenoxy) is 1. The Hall–Kier alpha value is -1.67. The van der Waals surface area contributed by atoms with Crippen LogP contribution in [-0.4, -0.2) is 13.3 Å². The number of hydrogen-bond donors (Lipinski definition) is 1. The van der Waals surface area contributed by atoms with E-state index in [1.165, 1.54) is 6.08 Å². The van der Waals surface area contributed by atoms with Gasteiger partial charge in [0.15, 0.2) is 6.26 Å². The average Bonchev–Trinajstić information content (AvgIpc) is 2.44. The van der Waals surface area contributed by atoms with Crippen molar-refractivity contribution in [3.8, 4) is 0 Å². The predicted molar refractivity (Wildman–Crippen MR) is 62.8 cm³/mol. The van der Waals surface area contributed by atoms with Crippen LogP contribution in [0.4, 0.5) is 0 Å². The second-order valence-electron chi connectivity index (χ2n) is 4.85. The highest BCUT2D eigenvalue weighted by Gasteiger charge is 2.44. The molecular weight excluding hydrogens is 260 g/mol. The summed E-state index contributed by atoms with van der Waals surface area (Å²) in [4.78, 5) is 10.0. The Morgan fingerprint density at radius 2 is 2.11 bits per heavy atom. The lowest BCUT2D eigenvalue weighted by Gasteiger charge is -2.19. The number of sulfonamides is 1. The average molecular weight is 272 g/mol. The molecule has 1 aliphatic heterocycles. The summed E-state index contributed by atoms with van der Waals surface area (Å²) in [7, 11) is -3.90. The Morgan fingerprint density at radius 1 is 1.50 bits per heavy atom. The number of primary sulfonamides is 1. The molecule has 2 N–H and O–H groups in total. The summed E-state index contributed by atoms with van der Waals surface area (Å²) in [5, 5.41) is 15.8. The number of nitrogens with zero attached hydrogens (tertiary/aromatic N) is 1. The zero-order chi connectivity index (χ0) is 13.7. The highest BCUT2D eigenvalue weighted by molar-refractivity contribution is 7.93. The van der Waals surface area contributed by atoms with Crippen molar-refractivity contribution >= 4 is 10.0 Å². The number of allylic oxidation sites excluding steroid dienone is 3. The van der Waals surface area contributed by atoms with Gasteiger partial charge in [0.25, 0.3) is 0 Å². The smallest absolute Gasteiger partial charge is 0.304 e. The highest BCUT2D eigenvalue weighted by atomic mass is 32.2. The van der Waals surface area contributed by atoms with Crippen LogP contribution in [0.2, 0.25) is 0 Å². The standard InChI is InChI=1S/C10H12N2O5S/c1-10(2)4-6-3-7(12(13)14)5-17-8(6)9(10)18(11,15)16/h3,5H,4H2,1-2H3,(H2,11,15,16). The van der Waals surface area contributed by atoms with E-state index < -0.39 is 20.4 Å². The molecule has 1 heterocycles. The van der Waals surface area contributed by atoms with Crippen molar-refractivity contribution in [3.63, 3.8) is 0 Å². The van der Waals surface area contributed by atoms with E-state index in [0.29, 0.717) is 12.0 Å². The van der Waals surface area contributed by atoms with Crippen LogP contribution in [-0.2, 0) is 14.8 Å². The second-order valence-corrected chi connectivity index (χ2v) is 6.35. The van der Waals surface area contributed by atoms with Gasteiger partial charge in [-0.05, 0) is 6.42 Å². The largest absolute Gasteiger partial charge is 0.456 e. The number of hydrogen-bond acceptors (Lipinski definition) is 5. The maximum absolute atomic E-state index is 11.6. The third-order valence-corrected chi connectivity index (χ3v) is 4.17. The first-order chi connectivity index (χ1) is 8.13. The number of nitrogens with two attached hydrogens (primary N) is 1. The van der Waals surface area contributed by atoms with Gasteiger partial charge in [0.2, 0.25) is 10.0 Å².